The highest BCUT2D eigenvalue weighted by Crippen LogP contribution is 2.21. The molecule has 2 aromatic rings. The summed E-state index contributed by atoms with van der Waals surface area (Å²) in [6.07, 6.45) is 3.39. The minimum atomic E-state index is -0.0667. The maximum absolute atomic E-state index is 11.5. The SMILES string of the molecule is O=C(/C=C/c1cccs1)NCc1ccc(Br)s1. The Morgan fingerprint density at radius 3 is 2.94 bits per heavy atom. The van der Waals surface area contributed by atoms with Crippen LogP contribution in [0.15, 0.2) is 39.5 Å². The van der Waals surface area contributed by atoms with E-state index in [0.717, 1.165) is 13.5 Å². The van der Waals surface area contributed by atoms with Crippen molar-refractivity contribution in [3.05, 3.63) is 49.3 Å². The molecule has 0 fully saturated rings. The summed E-state index contributed by atoms with van der Waals surface area (Å²) in [6.45, 7) is 0.573. The fraction of sp³-hybridized carbons (Fsp3) is 0.0833. The van der Waals surface area contributed by atoms with Crippen LogP contribution >= 0.6 is 38.6 Å². The highest BCUT2D eigenvalue weighted by molar-refractivity contribution is 9.11. The van der Waals surface area contributed by atoms with Gasteiger partial charge in [-0.05, 0) is 45.6 Å². The van der Waals surface area contributed by atoms with E-state index in [0.29, 0.717) is 6.54 Å². The first-order valence-electron chi connectivity index (χ1n) is 4.97. The van der Waals surface area contributed by atoms with Crippen LogP contribution in [0.4, 0.5) is 0 Å². The molecule has 0 aliphatic heterocycles. The molecule has 0 saturated heterocycles. The molecule has 2 aromatic heterocycles. The first-order chi connectivity index (χ1) is 8.24. The molecule has 0 aromatic carbocycles. The molecule has 0 radical (unpaired) electrons. The number of halogens is 1. The number of carbonyl (C=O) groups excluding carboxylic acids is 1. The van der Waals surface area contributed by atoms with Gasteiger partial charge < -0.3 is 5.32 Å². The third kappa shape index (κ3) is 4.11. The van der Waals surface area contributed by atoms with Gasteiger partial charge in [-0.2, -0.15) is 0 Å². The second-order valence-corrected chi connectivity index (χ2v) is 6.80. The van der Waals surface area contributed by atoms with E-state index in [2.05, 4.69) is 21.2 Å². The van der Waals surface area contributed by atoms with Gasteiger partial charge in [0.05, 0.1) is 10.3 Å². The van der Waals surface area contributed by atoms with Crippen LogP contribution in [-0.2, 0) is 11.3 Å². The molecule has 1 N–H and O–H groups in total. The molecule has 0 unspecified atom stereocenters. The number of carbonyl (C=O) groups is 1. The Balaban J connectivity index is 1.82. The quantitative estimate of drug-likeness (QED) is 0.848. The van der Waals surface area contributed by atoms with Crippen LogP contribution in [0.3, 0.4) is 0 Å². The van der Waals surface area contributed by atoms with Crippen LogP contribution in [0.2, 0.25) is 0 Å². The van der Waals surface area contributed by atoms with Gasteiger partial charge in [0.15, 0.2) is 0 Å². The summed E-state index contributed by atoms with van der Waals surface area (Å²) in [7, 11) is 0. The summed E-state index contributed by atoms with van der Waals surface area (Å²) in [5, 5.41) is 4.83. The van der Waals surface area contributed by atoms with Crippen LogP contribution < -0.4 is 5.32 Å². The molecule has 88 valence electrons. The lowest BCUT2D eigenvalue weighted by Crippen LogP contribution is -2.19. The number of hydrogen-bond acceptors (Lipinski definition) is 3. The zero-order chi connectivity index (χ0) is 12.1. The van der Waals surface area contributed by atoms with Gasteiger partial charge in [0.1, 0.15) is 0 Å². The predicted octanol–water partition coefficient (Wildman–Crippen LogP) is 3.90. The molecule has 0 atom stereocenters. The van der Waals surface area contributed by atoms with Gasteiger partial charge >= 0.3 is 0 Å². The molecular formula is C12H10BrNOS2. The number of hydrogen-bond donors (Lipinski definition) is 1. The van der Waals surface area contributed by atoms with E-state index in [-0.39, 0.29) is 5.91 Å². The van der Waals surface area contributed by atoms with Crippen molar-refractivity contribution in [3.63, 3.8) is 0 Å². The molecule has 0 spiro atoms. The number of rotatable bonds is 4. The molecule has 2 heterocycles. The largest absolute Gasteiger partial charge is 0.348 e. The Morgan fingerprint density at radius 1 is 1.41 bits per heavy atom. The van der Waals surface area contributed by atoms with E-state index < -0.39 is 0 Å². The van der Waals surface area contributed by atoms with Crippen molar-refractivity contribution in [3.8, 4) is 0 Å². The summed E-state index contributed by atoms with van der Waals surface area (Å²) in [6, 6.07) is 7.92. The van der Waals surface area contributed by atoms with Gasteiger partial charge in [-0.1, -0.05) is 6.07 Å². The third-order valence-electron chi connectivity index (χ3n) is 2.01. The number of thiophene rings is 2. The fourth-order valence-corrected chi connectivity index (χ4v) is 3.26. The van der Waals surface area contributed by atoms with Crippen LogP contribution in [0.1, 0.15) is 9.75 Å². The van der Waals surface area contributed by atoms with E-state index in [9.17, 15) is 4.79 Å². The van der Waals surface area contributed by atoms with Crippen molar-refractivity contribution in [1.82, 2.24) is 5.32 Å². The molecule has 5 heteroatoms. The van der Waals surface area contributed by atoms with E-state index in [1.807, 2.05) is 35.7 Å². The first-order valence-corrected chi connectivity index (χ1v) is 7.46. The highest BCUT2D eigenvalue weighted by Gasteiger charge is 1.99. The maximum Gasteiger partial charge on any atom is 0.244 e. The van der Waals surface area contributed by atoms with Gasteiger partial charge in [-0.25, -0.2) is 0 Å². The Morgan fingerprint density at radius 2 is 2.29 bits per heavy atom. The van der Waals surface area contributed by atoms with Crippen LogP contribution in [0.5, 0.6) is 0 Å². The van der Waals surface area contributed by atoms with Crippen LogP contribution in [0, 0.1) is 0 Å². The second-order valence-electron chi connectivity index (χ2n) is 3.27. The Labute approximate surface area is 116 Å². The normalized spacial score (nSPS) is 10.9. The first kappa shape index (κ1) is 12.5. The number of amides is 1. The number of nitrogens with one attached hydrogen (secondary N) is 1. The monoisotopic (exact) mass is 327 g/mol. The topological polar surface area (TPSA) is 29.1 Å². The van der Waals surface area contributed by atoms with Gasteiger partial charge in [-0.15, -0.1) is 22.7 Å². The summed E-state index contributed by atoms with van der Waals surface area (Å²) in [4.78, 5) is 13.7. The van der Waals surface area contributed by atoms with Crippen molar-refractivity contribution >= 4 is 50.6 Å². The lowest BCUT2D eigenvalue weighted by molar-refractivity contribution is -0.116. The Bertz CT molecular complexity index is 516. The van der Waals surface area contributed by atoms with Crippen molar-refractivity contribution in [2.45, 2.75) is 6.54 Å². The van der Waals surface area contributed by atoms with Gasteiger partial charge in [-0.3, -0.25) is 4.79 Å². The van der Waals surface area contributed by atoms with Gasteiger partial charge in [0, 0.05) is 15.8 Å². The molecule has 2 nitrogen and oxygen atoms in total. The smallest absolute Gasteiger partial charge is 0.244 e. The third-order valence-corrected chi connectivity index (χ3v) is 4.47. The van der Waals surface area contributed by atoms with Crippen molar-refractivity contribution in [1.29, 1.82) is 0 Å². The maximum atomic E-state index is 11.5. The van der Waals surface area contributed by atoms with Crippen LogP contribution in [0.25, 0.3) is 6.08 Å². The molecule has 0 aliphatic carbocycles. The Kier molecular flexibility index (Phi) is 4.53. The van der Waals surface area contributed by atoms with E-state index >= 15 is 0 Å². The minimum absolute atomic E-state index is 0.0667. The summed E-state index contributed by atoms with van der Waals surface area (Å²) in [5.41, 5.74) is 0. The zero-order valence-electron chi connectivity index (χ0n) is 8.85. The lowest BCUT2D eigenvalue weighted by atomic mass is 10.4. The van der Waals surface area contributed by atoms with E-state index in [1.54, 1.807) is 28.7 Å². The molecule has 2 rings (SSSR count). The molecule has 17 heavy (non-hydrogen) atoms. The van der Waals surface area contributed by atoms with Crippen LogP contribution in [-0.4, -0.2) is 5.91 Å². The average molecular weight is 328 g/mol. The average Bonchev–Trinajstić information content (AvgIpc) is 2.95. The lowest BCUT2D eigenvalue weighted by Gasteiger charge is -1.98. The van der Waals surface area contributed by atoms with Crippen molar-refractivity contribution < 1.29 is 4.79 Å². The predicted molar refractivity (Wildman–Crippen MR) is 77.2 cm³/mol. The molecule has 0 aliphatic rings. The fourth-order valence-electron chi connectivity index (χ4n) is 1.22. The minimum Gasteiger partial charge on any atom is -0.348 e. The second kappa shape index (κ2) is 6.14. The van der Waals surface area contributed by atoms with E-state index in [4.69, 9.17) is 0 Å². The van der Waals surface area contributed by atoms with Crippen molar-refractivity contribution in [2.75, 3.05) is 0 Å². The molecule has 0 bridgehead atoms. The standard InChI is InChI=1S/C12H10BrNOS2/c13-11-5-3-10(17-11)8-14-12(15)6-4-9-2-1-7-16-9/h1-7H,8H2,(H,14,15)/b6-4+. The molecule has 0 saturated carbocycles. The summed E-state index contributed by atoms with van der Waals surface area (Å²) >= 11 is 6.63. The zero-order valence-corrected chi connectivity index (χ0v) is 12.1. The molecule has 1 amide bonds. The van der Waals surface area contributed by atoms with Gasteiger partial charge in [0.2, 0.25) is 5.91 Å². The Hall–Kier alpha value is -0.910. The van der Waals surface area contributed by atoms with Gasteiger partial charge in [0.25, 0.3) is 0 Å². The highest BCUT2D eigenvalue weighted by atomic mass is 79.9. The summed E-state index contributed by atoms with van der Waals surface area (Å²) in [5.74, 6) is -0.0667. The molecular weight excluding hydrogens is 318 g/mol. The van der Waals surface area contributed by atoms with E-state index in [1.165, 1.54) is 0 Å². The summed E-state index contributed by atoms with van der Waals surface area (Å²) < 4.78 is 1.08. The van der Waals surface area contributed by atoms with Crippen molar-refractivity contribution in [2.24, 2.45) is 0 Å².